The van der Waals surface area contributed by atoms with Crippen molar-refractivity contribution >= 4 is 29.2 Å². The van der Waals surface area contributed by atoms with Crippen molar-refractivity contribution in [2.45, 2.75) is 156 Å². The fraction of sp³-hybridized carbons (Fsp3) is 0.871. The van der Waals surface area contributed by atoms with Gasteiger partial charge in [0.25, 0.3) is 0 Å². The maximum atomic E-state index is 12.7. The van der Waals surface area contributed by atoms with Gasteiger partial charge in [-0.1, -0.05) is 0 Å². The van der Waals surface area contributed by atoms with Crippen molar-refractivity contribution in [3.8, 4) is 0 Å². The fourth-order valence-electron chi connectivity index (χ4n) is 5.20. The van der Waals surface area contributed by atoms with Crippen LogP contribution in [0, 0.1) is 0 Å². The number of amides is 2. The van der Waals surface area contributed by atoms with Gasteiger partial charge in [-0.15, -0.1) is 0 Å². The van der Waals surface area contributed by atoms with Gasteiger partial charge in [-0.25, -0.2) is 0 Å². The van der Waals surface area contributed by atoms with Crippen molar-refractivity contribution in [1.82, 2.24) is 5.32 Å². The van der Waals surface area contributed by atoms with Gasteiger partial charge < -0.3 is 0 Å². The Morgan fingerprint density at radius 3 is 1.35 bits per heavy atom. The second-order valence-corrected chi connectivity index (χ2v) is 19.5. The number of hydrogen-bond acceptors (Lipinski definition) is 3. The SMILES string of the molecule is C=C(C)C(=O)NC(=O)OC(C)P(Cl)(CCCCCCCC)(CCCCCCCC)CCCCCCCC. The van der Waals surface area contributed by atoms with E-state index in [1.165, 1.54) is 96.3 Å². The molecule has 1 N–H and O–H groups in total. The van der Waals surface area contributed by atoms with Gasteiger partial charge in [0.1, 0.15) is 0 Å². The second kappa shape index (κ2) is 21.2. The van der Waals surface area contributed by atoms with E-state index in [1.54, 1.807) is 6.92 Å². The average molecular weight is 562 g/mol. The van der Waals surface area contributed by atoms with Crippen molar-refractivity contribution in [1.29, 1.82) is 0 Å². The van der Waals surface area contributed by atoms with Crippen molar-refractivity contribution in [3.05, 3.63) is 12.2 Å². The summed E-state index contributed by atoms with van der Waals surface area (Å²) in [6.45, 7) is 13.9. The van der Waals surface area contributed by atoms with Gasteiger partial charge in [0.05, 0.1) is 0 Å². The first-order chi connectivity index (χ1) is 17.6. The monoisotopic (exact) mass is 561 g/mol. The Hall–Kier alpha value is -0.600. The number of nitrogens with one attached hydrogen (secondary N) is 1. The van der Waals surface area contributed by atoms with Crippen LogP contribution in [0.4, 0.5) is 4.79 Å². The maximum absolute atomic E-state index is 12.7. The molecule has 0 aliphatic rings. The van der Waals surface area contributed by atoms with Gasteiger partial charge in [0.15, 0.2) is 0 Å². The van der Waals surface area contributed by atoms with Gasteiger partial charge in [0, 0.05) is 0 Å². The van der Waals surface area contributed by atoms with Crippen LogP contribution >= 0.6 is 17.2 Å². The number of ether oxygens (including phenoxy) is 1. The Morgan fingerprint density at radius 1 is 0.703 bits per heavy atom. The molecule has 2 amide bonds. The summed E-state index contributed by atoms with van der Waals surface area (Å²) >= 11 is 7.93. The molecule has 0 heterocycles. The molecule has 0 aliphatic carbocycles. The Balaban J connectivity index is 5.59. The summed E-state index contributed by atoms with van der Waals surface area (Å²) in [7, 11) is 0. The number of carbonyl (C=O) groups excluding carboxylic acids is 2. The number of carbonyl (C=O) groups is 2. The quantitative estimate of drug-likeness (QED) is 0.0724. The molecule has 0 aromatic rings. The summed E-state index contributed by atoms with van der Waals surface area (Å²) in [5.74, 6) is -3.75. The molecular weight excluding hydrogens is 501 g/mol. The number of imide groups is 1. The van der Waals surface area contributed by atoms with Crippen LogP contribution in [0.25, 0.3) is 0 Å². The third-order valence-electron chi connectivity index (χ3n) is 7.91. The number of hydrogen-bond donors (Lipinski definition) is 1. The molecule has 37 heavy (non-hydrogen) atoms. The number of unbranched alkanes of at least 4 members (excludes halogenated alkanes) is 15. The Morgan fingerprint density at radius 2 is 1.03 bits per heavy atom. The summed E-state index contributed by atoms with van der Waals surface area (Å²) < 4.78 is 5.94. The van der Waals surface area contributed by atoms with Crippen LogP contribution in [0.5, 0.6) is 0 Å². The van der Waals surface area contributed by atoms with E-state index in [0.29, 0.717) is 5.57 Å². The molecule has 0 aliphatic heterocycles. The number of halogens is 1. The van der Waals surface area contributed by atoms with Crippen LogP contribution < -0.4 is 5.32 Å². The standard InChI is InChI=1S/C31H61ClNO3P/c1-7-10-13-16-19-22-25-37(32,26-23-20-17-14-11-8-2,27-24-21-18-15-12-9-3)29(6)36-31(35)33-30(34)28(4)5/h29H,4,7-27H2,1-3,5-6H3,(H,33,34,35). The molecule has 0 rings (SSSR count). The molecule has 6 heteroatoms. The van der Waals surface area contributed by atoms with E-state index in [-0.39, 0.29) is 5.85 Å². The predicted octanol–water partition coefficient (Wildman–Crippen LogP) is 10.9. The molecule has 0 spiro atoms. The molecule has 0 saturated carbocycles. The van der Waals surface area contributed by atoms with Crippen LogP contribution in [-0.2, 0) is 9.53 Å². The first kappa shape index (κ1) is 36.4. The van der Waals surface area contributed by atoms with Gasteiger partial charge in [-0.05, 0) is 0 Å². The zero-order chi connectivity index (χ0) is 28.0. The van der Waals surface area contributed by atoms with E-state index < -0.39 is 18.0 Å². The van der Waals surface area contributed by atoms with Gasteiger partial charge in [-0.3, -0.25) is 0 Å². The molecule has 1 unspecified atom stereocenters. The van der Waals surface area contributed by atoms with E-state index >= 15 is 0 Å². The summed E-state index contributed by atoms with van der Waals surface area (Å²) in [6, 6.07) is 0. The number of rotatable bonds is 24. The number of alkyl carbamates (subject to hydrolysis) is 1. The van der Waals surface area contributed by atoms with E-state index in [0.717, 1.165) is 37.7 Å². The zero-order valence-corrected chi connectivity index (χ0v) is 26.8. The fourth-order valence-corrected chi connectivity index (χ4v) is 11.4. The van der Waals surface area contributed by atoms with Crippen molar-refractivity contribution in [2.75, 3.05) is 18.5 Å². The van der Waals surface area contributed by atoms with Crippen molar-refractivity contribution < 1.29 is 14.3 Å². The minimum atomic E-state index is -2.90. The first-order valence-electron chi connectivity index (χ1n) is 15.5. The van der Waals surface area contributed by atoms with Gasteiger partial charge in [0.2, 0.25) is 0 Å². The Kier molecular flexibility index (Phi) is 20.9. The summed E-state index contributed by atoms with van der Waals surface area (Å²) in [6.07, 6.45) is 24.2. The van der Waals surface area contributed by atoms with Crippen LogP contribution in [-0.4, -0.2) is 36.3 Å². The third kappa shape index (κ3) is 16.2. The van der Waals surface area contributed by atoms with Crippen LogP contribution in [0.15, 0.2) is 12.2 Å². The molecule has 0 saturated heterocycles. The topological polar surface area (TPSA) is 55.4 Å². The van der Waals surface area contributed by atoms with Gasteiger partial charge >= 0.3 is 236 Å². The predicted molar refractivity (Wildman–Crippen MR) is 166 cm³/mol. The molecule has 0 aromatic carbocycles. The van der Waals surface area contributed by atoms with Crippen molar-refractivity contribution in [3.63, 3.8) is 0 Å². The van der Waals surface area contributed by atoms with E-state index in [4.69, 9.17) is 16.0 Å². The van der Waals surface area contributed by atoms with Gasteiger partial charge in [-0.2, -0.15) is 0 Å². The molecule has 0 fully saturated rings. The molecule has 0 radical (unpaired) electrons. The summed E-state index contributed by atoms with van der Waals surface area (Å²) in [5, 5.41) is 2.33. The molecule has 0 aromatic heterocycles. The molecule has 4 nitrogen and oxygen atoms in total. The summed E-state index contributed by atoms with van der Waals surface area (Å²) in [4.78, 5) is 24.7. The van der Waals surface area contributed by atoms with Crippen LogP contribution in [0.3, 0.4) is 0 Å². The normalized spacial score (nSPS) is 13.5. The third-order valence-corrected chi connectivity index (χ3v) is 16.3. The molecule has 0 bridgehead atoms. The molecule has 1 atom stereocenters. The van der Waals surface area contributed by atoms with E-state index in [1.807, 2.05) is 6.92 Å². The molecular formula is C31H61ClNO3P. The molecule has 220 valence electrons. The van der Waals surface area contributed by atoms with E-state index in [2.05, 4.69) is 32.7 Å². The first-order valence-corrected chi connectivity index (χ1v) is 19.3. The second-order valence-electron chi connectivity index (χ2n) is 11.4. The van der Waals surface area contributed by atoms with E-state index in [9.17, 15) is 9.59 Å². The van der Waals surface area contributed by atoms with Crippen LogP contribution in [0.1, 0.15) is 150 Å². The van der Waals surface area contributed by atoms with Crippen LogP contribution in [0.2, 0.25) is 0 Å². The Labute approximate surface area is 235 Å². The summed E-state index contributed by atoms with van der Waals surface area (Å²) in [5.41, 5.74) is 0.291. The average Bonchev–Trinajstić information content (AvgIpc) is 2.85. The minimum absolute atomic E-state index is 0.291. The zero-order valence-electron chi connectivity index (χ0n) is 25.2. The Bertz CT molecular complexity index is 596. The van der Waals surface area contributed by atoms with Crippen molar-refractivity contribution in [2.24, 2.45) is 0 Å².